The quantitative estimate of drug-likeness (QED) is 0.714. The molecule has 1 fully saturated rings. The zero-order chi connectivity index (χ0) is 17.6. The highest BCUT2D eigenvalue weighted by molar-refractivity contribution is 6.06. The van der Waals surface area contributed by atoms with E-state index in [1.807, 2.05) is 12.1 Å². The fourth-order valence-corrected chi connectivity index (χ4v) is 5.04. The fraction of sp³-hybridized carbons (Fsp3) is 0.450. The van der Waals surface area contributed by atoms with Crippen molar-refractivity contribution < 1.29 is 28.5 Å². The Balaban J connectivity index is 1.64. The van der Waals surface area contributed by atoms with E-state index < -0.39 is 5.79 Å². The van der Waals surface area contributed by atoms with Gasteiger partial charge in [-0.1, -0.05) is 19.9 Å². The minimum absolute atomic E-state index is 0.0114. The largest absolute Gasteiger partial charge is 0.465 e. The van der Waals surface area contributed by atoms with E-state index >= 15 is 0 Å². The first-order chi connectivity index (χ1) is 12.6. The molecule has 1 aromatic rings. The highest BCUT2D eigenvalue weighted by Gasteiger charge is 2.64. The monoisotopic (exact) mass is 354 g/mol. The van der Waals surface area contributed by atoms with Crippen molar-refractivity contribution in [1.29, 1.82) is 0 Å². The number of fused-ring (bicyclic) bond motifs is 3. The van der Waals surface area contributed by atoms with Crippen molar-refractivity contribution in [3.63, 3.8) is 0 Å². The second-order valence-corrected chi connectivity index (χ2v) is 7.64. The van der Waals surface area contributed by atoms with Gasteiger partial charge in [0.05, 0.1) is 5.92 Å². The molecule has 26 heavy (non-hydrogen) atoms. The van der Waals surface area contributed by atoms with Crippen LogP contribution in [0.15, 0.2) is 35.6 Å². The van der Waals surface area contributed by atoms with Crippen molar-refractivity contribution in [3.8, 4) is 17.2 Å². The summed E-state index contributed by atoms with van der Waals surface area (Å²) in [6.45, 7) is 4.66. The van der Waals surface area contributed by atoms with Gasteiger partial charge in [0.2, 0.25) is 6.79 Å². The van der Waals surface area contributed by atoms with Crippen molar-refractivity contribution in [2.75, 3.05) is 13.6 Å². The van der Waals surface area contributed by atoms with Crippen molar-refractivity contribution in [1.82, 2.24) is 0 Å². The van der Waals surface area contributed by atoms with Gasteiger partial charge in [-0.2, -0.15) is 0 Å². The number of carbonyl (C=O) groups excluding carboxylic acids is 1. The molecule has 6 heteroatoms. The van der Waals surface area contributed by atoms with Gasteiger partial charge in [0.25, 0.3) is 5.79 Å². The normalized spacial score (nSPS) is 38.3. The third-order valence-electron chi connectivity index (χ3n) is 6.45. The lowest BCUT2D eigenvalue weighted by Gasteiger charge is -2.51. The van der Waals surface area contributed by atoms with E-state index in [2.05, 4.69) is 19.9 Å². The first-order valence-electron chi connectivity index (χ1n) is 8.96. The summed E-state index contributed by atoms with van der Waals surface area (Å²) in [4.78, 5) is 12.8. The topological polar surface area (TPSA) is 63.2 Å². The molecular formula is C20H18O6. The van der Waals surface area contributed by atoms with Gasteiger partial charge >= 0.3 is 0 Å². The number of hydrogen-bond acceptors (Lipinski definition) is 6. The Bertz CT molecular complexity index is 915. The highest BCUT2D eigenvalue weighted by atomic mass is 16.8. The Labute approximate surface area is 150 Å². The Morgan fingerprint density at radius 1 is 1.04 bits per heavy atom. The molecule has 0 N–H and O–H groups in total. The van der Waals surface area contributed by atoms with Crippen LogP contribution in [0.2, 0.25) is 0 Å². The van der Waals surface area contributed by atoms with Gasteiger partial charge in [-0.05, 0) is 17.9 Å². The van der Waals surface area contributed by atoms with Crippen LogP contribution >= 0.6 is 0 Å². The number of ether oxygens (including phenoxy) is 5. The van der Waals surface area contributed by atoms with Crippen LogP contribution in [0.25, 0.3) is 0 Å². The highest BCUT2D eigenvalue weighted by Crippen LogP contribution is 2.61. The molecule has 0 amide bonds. The molecule has 1 spiro atoms. The Hall–Kier alpha value is -2.47. The van der Waals surface area contributed by atoms with Crippen LogP contribution in [0.3, 0.4) is 0 Å². The molecular weight excluding hydrogens is 336 g/mol. The van der Waals surface area contributed by atoms with Gasteiger partial charge in [0.15, 0.2) is 29.8 Å². The van der Waals surface area contributed by atoms with Crippen LogP contribution in [0.5, 0.6) is 17.2 Å². The average Bonchev–Trinajstić information content (AvgIpc) is 3.23. The molecule has 0 bridgehead atoms. The van der Waals surface area contributed by atoms with Crippen LogP contribution in [0, 0.1) is 17.8 Å². The van der Waals surface area contributed by atoms with Crippen LogP contribution < -0.4 is 14.2 Å². The fourth-order valence-electron chi connectivity index (χ4n) is 5.04. The Morgan fingerprint density at radius 2 is 1.85 bits per heavy atom. The lowest BCUT2D eigenvalue weighted by molar-refractivity contribution is -0.182. The van der Waals surface area contributed by atoms with Gasteiger partial charge in [0.1, 0.15) is 5.75 Å². The SMILES string of the molecule is CC1C=C2C(=O)C=C3OCOC34Oc3cc5c(cc3[C@H](C24)[C@@H]1C)OCO5. The zero-order valence-corrected chi connectivity index (χ0v) is 14.5. The Morgan fingerprint density at radius 3 is 2.69 bits per heavy atom. The Kier molecular flexibility index (Phi) is 2.61. The predicted molar refractivity (Wildman–Crippen MR) is 88.7 cm³/mol. The van der Waals surface area contributed by atoms with Gasteiger partial charge in [-0.3, -0.25) is 9.53 Å². The molecule has 5 atom stereocenters. The molecule has 2 aliphatic carbocycles. The first kappa shape index (κ1) is 14.7. The molecule has 1 aromatic carbocycles. The van der Waals surface area contributed by atoms with Crippen LogP contribution in [0.1, 0.15) is 25.3 Å². The van der Waals surface area contributed by atoms with E-state index in [9.17, 15) is 4.79 Å². The van der Waals surface area contributed by atoms with Crippen LogP contribution in [-0.4, -0.2) is 25.2 Å². The predicted octanol–water partition coefficient (Wildman–Crippen LogP) is 2.89. The van der Waals surface area contributed by atoms with Crippen molar-refractivity contribution in [2.45, 2.75) is 25.6 Å². The number of rotatable bonds is 0. The van der Waals surface area contributed by atoms with Crippen molar-refractivity contribution in [2.24, 2.45) is 17.8 Å². The molecule has 6 rings (SSSR count). The van der Waals surface area contributed by atoms with E-state index in [-0.39, 0.29) is 37.1 Å². The maximum absolute atomic E-state index is 12.8. The van der Waals surface area contributed by atoms with Crippen LogP contribution in [0.4, 0.5) is 0 Å². The summed E-state index contributed by atoms with van der Waals surface area (Å²) in [6, 6.07) is 3.87. The maximum atomic E-state index is 12.8. The summed E-state index contributed by atoms with van der Waals surface area (Å²) in [5.41, 5.74) is 1.80. The molecule has 3 heterocycles. The third-order valence-corrected chi connectivity index (χ3v) is 6.45. The van der Waals surface area contributed by atoms with E-state index in [1.165, 1.54) is 6.08 Å². The molecule has 3 aliphatic heterocycles. The minimum Gasteiger partial charge on any atom is -0.465 e. The second-order valence-electron chi connectivity index (χ2n) is 7.64. The molecule has 6 nitrogen and oxygen atoms in total. The number of carbonyl (C=O) groups is 1. The minimum atomic E-state index is -1.07. The summed E-state index contributed by atoms with van der Waals surface area (Å²) in [5, 5.41) is 0. The third kappa shape index (κ3) is 1.59. The molecule has 5 aliphatic rings. The summed E-state index contributed by atoms with van der Waals surface area (Å²) >= 11 is 0. The second kappa shape index (κ2) is 4.62. The standard InChI is InChI=1S/C20H18O6/c1-9-3-11-13(21)5-17-20(25-8-24-17)19(11)18(10(9)2)12-4-15-16(23-7-22-15)6-14(12)26-20/h3-6,9-10,18-19H,7-8H2,1-2H3/t9?,10-,18-,19?,20?/m1/s1. The molecule has 0 aromatic heterocycles. The van der Waals surface area contributed by atoms with Gasteiger partial charge in [0, 0.05) is 29.2 Å². The maximum Gasteiger partial charge on any atom is 0.279 e. The van der Waals surface area contributed by atoms with E-state index in [0.29, 0.717) is 23.2 Å². The molecule has 3 unspecified atom stereocenters. The summed E-state index contributed by atoms with van der Waals surface area (Å²) < 4.78 is 29.1. The van der Waals surface area contributed by atoms with E-state index in [0.717, 1.165) is 16.9 Å². The summed E-state index contributed by atoms with van der Waals surface area (Å²) in [6.07, 6.45) is 3.60. The van der Waals surface area contributed by atoms with Crippen molar-refractivity contribution in [3.05, 3.63) is 41.2 Å². The van der Waals surface area contributed by atoms with Gasteiger partial charge < -0.3 is 18.9 Å². The number of ketones is 1. The van der Waals surface area contributed by atoms with Crippen molar-refractivity contribution >= 4 is 5.78 Å². The van der Waals surface area contributed by atoms with E-state index in [4.69, 9.17) is 23.7 Å². The molecule has 1 saturated heterocycles. The number of allylic oxidation sites excluding steroid dienone is 2. The molecule has 134 valence electrons. The lowest BCUT2D eigenvalue weighted by atomic mass is 9.59. The average molecular weight is 354 g/mol. The number of benzene rings is 1. The lowest BCUT2D eigenvalue weighted by Crippen LogP contribution is -2.56. The van der Waals surface area contributed by atoms with Gasteiger partial charge in [-0.15, -0.1) is 0 Å². The molecule has 0 saturated carbocycles. The first-order valence-corrected chi connectivity index (χ1v) is 8.96. The summed E-state index contributed by atoms with van der Waals surface area (Å²) in [5.74, 6) is 1.90. The summed E-state index contributed by atoms with van der Waals surface area (Å²) in [7, 11) is 0. The zero-order valence-electron chi connectivity index (χ0n) is 14.5. The smallest absolute Gasteiger partial charge is 0.279 e. The van der Waals surface area contributed by atoms with E-state index in [1.54, 1.807) is 0 Å². The van der Waals surface area contributed by atoms with Gasteiger partial charge in [-0.25, -0.2) is 0 Å². The van der Waals surface area contributed by atoms with Crippen LogP contribution in [-0.2, 0) is 14.3 Å². The molecule has 0 radical (unpaired) electrons. The number of hydrogen-bond donors (Lipinski definition) is 0.